The second-order valence-electron chi connectivity index (χ2n) is 3.67. The van der Waals surface area contributed by atoms with Crippen LogP contribution in [0.25, 0.3) is 5.57 Å². The Kier molecular flexibility index (Phi) is 2.12. The van der Waals surface area contributed by atoms with Crippen molar-refractivity contribution < 1.29 is 4.79 Å². The van der Waals surface area contributed by atoms with Gasteiger partial charge in [-0.1, -0.05) is 24.3 Å². The number of ketones is 1. The van der Waals surface area contributed by atoms with E-state index in [4.69, 9.17) is 0 Å². The Bertz CT molecular complexity index is 407. The number of carbonyl (C=O) groups excluding carboxylic acids is 1. The molecule has 1 aliphatic heterocycles. The van der Waals surface area contributed by atoms with Crippen molar-refractivity contribution in [2.24, 2.45) is 0 Å². The summed E-state index contributed by atoms with van der Waals surface area (Å²) < 4.78 is 0. The molecule has 1 aromatic rings. The topological polar surface area (TPSA) is 20.3 Å². The van der Waals surface area contributed by atoms with Gasteiger partial charge in [0.15, 0.2) is 5.78 Å². The van der Waals surface area contributed by atoms with E-state index < -0.39 is 0 Å². The van der Waals surface area contributed by atoms with Crippen molar-refractivity contribution in [3.63, 3.8) is 0 Å². The Labute approximate surface area is 83.8 Å². The summed E-state index contributed by atoms with van der Waals surface area (Å²) in [6.07, 6.45) is 1.92. The summed E-state index contributed by atoms with van der Waals surface area (Å²) in [5, 5.41) is 0. The van der Waals surface area contributed by atoms with E-state index in [0.717, 1.165) is 17.7 Å². The molecule has 72 valence electrons. The maximum Gasteiger partial charge on any atom is 0.161 e. The van der Waals surface area contributed by atoms with Crippen LogP contribution in [0.3, 0.4) is 0 Å². The number of benzene rings is 1. The van der Waals surface area contributed by atoms with Crippen LogP contribution in [0.15, 0.2) is 30.5 Å². The normalized spacial score (nSPS) is 14.7. The van der Waals surface area contributed by atoms with Crippen LogP contribution >= 0.6 is 0 Å². The summed E-state index contributed by atoms with van der Waals surface area (Å²) in [4.78, 5) is 13.5. The molecule has 0 aromatic heterocycles. The van der Waals surface area contributed by atoms with Crippen LogP contribution in [0.5, 0.6) is 0 Å². The Balaban J connectivity index is 2.55. The van der Waals surface area contributed by atoms with Crippen LogP contribution in [0, 0.1) is 0 Å². The number of hydrogen-bond donors (Lipinski definition) is 0. The smallest absolute Gasteiger partial charge is 0.161 e. The van der Waals surface area contributed by atoms with Gasteiger partial charge in [0, 0.05) is 25.4 Å². The average molecular weight is 187 g/mol. The van der Waals surface area contributed by atoms with Crippen LogP contribution < -0.4 is 0 Å². The minimum absolute atomic E-state index is 0.129. The minimum Gasteiger partial charge on any atom is -0.375 e. The molecule has 0 atom stereocenters. The highest BCUT2D eigenvalue weighted by Crippen LogP contribution is 2.26. The molecular formula is C12H13NO. The highest BCUT2D eigenvalue weighted by Gasteiger charge is 2.17. The first-order valence-corrected chi connectivity index (χ1v) is 4.70. The van der Waals surface area contributed by atoms with Gasteiger partial charge in [0.1, 0.15) is 0 Å². The summed E-state index contributed by atoms with van der Waals surface area (Å²) in [5.41, 5.74) is 3.12. The molecule has 0 aliphatic carbocycles. The van der Waals surface area contributed by atoms with Crippen LogP contribution in [0.1, 0.15) is 18.1 Å². The molecule has 0 amide bonds. The monoisotopic (exact) mass is 187 g/mol. The molecule has 0 N–H and O–H groups in total. The van der Waals surface area contributed by atoms with E-state index in [9.17, 15) is 4.79 Å². The van der Waals surface area contributed by atoms with Crippen molar-refractivity contribution in [3.8, 4) is 0 Å². The number of allylic oxidation sites excluding steroid dienone is 1. The lowest BCUT2D eigenvalue weighted by atomic mass is 9.95. The zero-order valence-electron chi connectivity index (χ0n) is 8.45. The van der Waals surface area contributed by atoms with Gasteiger partial charge in [-0.05, 0) is 18.1 Å². The number of fused-ring (bicyclic) bond motifs is 1. The van der Waals surface area contributed by atoms with Gasteiger partial charge in [-0.15, -0.1) is 0 Å². The van der Waals surface area contributed by atoms with Crippen molar-refractivity contribution >= 4 is 11.4 Å². The van der Waals surface area contributed by atoms with E-state index in [1.54, 1.807) is 6.92 Å². The summed E-state index contributed by atoms with van der Waals surface area (Å²) in [5.74, 6) is 0.129. The predicted octanol–water partition coefficient (Wildman–Crippen LogP) is 2.06. The first kappa shape index (κ1) is 9.00. The lowest BCUT2D eigenvalue weighted by molar-refractivity contribution is -0.111. The molecule has 0 saturated carbocycles. The number of hydrogen-bond acceptors (Lipinski definition) is 2. The fraction of sp³-hybridized carbons (Fsp3) is 0.250. The summed E-state index contributed by atoms with van der Waals surface area (Å²) in [6.45, 7) is 2.49. The zero-order chi connectivity index (χ0) is 10.1. The van der Waals surface area contributed by atoms with Crippen molar-refractivity contribution in [3.05, 3.63) is 41.6 Å². The SMILES string of the molecule is CC(=O)C1=CN(C)Cc2ccccc21. The summed E-state index contributed by atoms with van der Waals surface area (Å²) in [7, 11) is 1.98. The minimum atomic E-state index is 0.129. The lowest BCUT2D eigenvalue weighted by Crippen LogP contribution is -2.19. The van der Waals surface area contributed by atoms with Gasteiger partial charge in [0.2, 0.25) is 0 Å². The molecule has 0 radical (unpaired) electrons. The van der Waals surface area contributed by atoms with Crippen molar-refractivity contribution in [2.75, 3.05) is 7.05 Å². The molecule has 1 heterocycles. The van der Waals surface area contributed by atoms with Crippen LogP contribution in [-0.2, 0) is 11.3 Å². The molecule has 2 nitrogen and oxygen atoms in total. The standard InChI is InChI=1S/C12H13NO/c1-9(14)12-8-13(2)7-10-5-3-4-6-11(10)12/h3-6,8H,7H2,1-2H3. The Morgan fingerprint density at radius 3 is 2.79 bits per heavy atom. The first-order chi connectivity index (χ1) is 6.68. The van der Waals surface area contributed by atoms with E-state index >= 15 is 0 Å². The van der Waals surface area contributed by atoms with Gasteiger partial charge in [-0.2, -0.15) is 0 Å². The molecule has 2 heteroatoms. The quantitative estimate of drug-likeness (QED) is 0.670. The first-order valence-electron chi connectivity index (χ1n) is 4.70. The number of nitrogens with zero attached hydrogens (tertiary/aromatic N) is 1. The molecule has 0 fully saturated rings. The molecular weight excluding hydrogens is 174 g/mol. The molecule has 14 heavy (non-hydrogen) atoms. The summed E-state index contributed by atoms with van der Waals surface area (Å²) >= 11 is 0. The maximum absolute atomic E-state index is 11.4. The molecule has 0 bridgehead atoms. The van der Waals surface area contributed by atoms with E-state index in [2.05, 4.69) is 6.07 Å². The van der Waals surface area contributed by atoms with Gasteiger partial charge in [-0.25, -0.2) is 0 Å². The fourth-order valence-corrected chi connectivity index (χ4v) is 1.81. The van der Waals surface area contributed by atoms with Crippen molar-refractivity contribution in [2.45, 2.75) is 13.5 Å². The highest BCUT2D eigenvalue weighted by atomic mass is 16.1. The van der Waals surface area contributed by atoms with Gasteiger partial charge in [0.25, 0.3) is 0 Å². The van der Waals surface area contributed by atoms with Crippen molar-refractivity contribution in [1.29, 1.82) is 0 Å². The zero-order valence-corrected chi connectivity index (χ0v) is 8.45. The number of carbonyl (C=O) groups is 1. The Hall–Kier alpha value is -1.57. The maximum atomic E-state index is 11.4. The molecule has 0 unspecified atom stereocenters. The van der Waals surface area contributed by atoms with E-state index in [-0.39, 0.29) is 5.78 Å². The van der Waals surface area contributed by atoms with Gasteiger partial charge in [-0.3, -0.25) is 4.79 Å². The third-order valence-electron chi connectivity index (χ3n) is 2.46. The Morgan fingerprint density at radius 2 is 2.07 bits per heavy atom. The van der Waals surface area contributed by atoms with Crippen LogP contribution in [0.4, 0.5) is 0 Å². The van der Waals surface area contributed by atoms with E-state index in [0.29, 0.717) is 0 Å². The molecule has 0 spiro atoms. The van der Waals surface area contributed by atoms with Crippen molar-refractivity contribution in [1.82, 2.24) is 4.90 Å². The number of Topliss-reactive ketones (excluding diaryl/α,β-unsaturated/α-hetero) is 1. The summed E-state index contributed by atoms with van der Waals surface area (Å²) in [6, 6.07) is 8.06. The third kappa shape index (κ3) is 1.43. The van der Waals surface area contributed by atoms with E-state index in [1.165, 1.54) is 5.56 Å². The molecule has 1 aromatic carbocycles. The number of rotatable bonds is 1. The molecule has 0 saturated heterocycles. The van der Waals surface area contributed by atoms with Crippen LogP contribution in [-0.4, -0.2) is 17.7 Å². The molecule has 1 aliphatic rings. The van der Waals surface area contributed by atoms with E-state index in [1.807, 2.05) is 36.3 Å². The lowest BCUT2D eigenvalue weighted by Gasteiger charge is -2.24. The third-order valence-corrected chi connectivity index (χ3v) is 2.46. The second-order valence-corrected chi connectivity index (χ2v) is 3.67. The van der Waals surface area contributed by atoms with Gasteiger partial charge >= 0.3 is 0 Å². The highest BCUT2D eigenvalue weighted by molar-refractivity contribution is 6.20. The van der Waals surface area contributed by atoms with Gasteiger partial charge in [0.05, 0.1) is 0 Å². The average Bonchev–Trinajstić information content (AvgIpc) is 2.16. The fourth-order valence-electron chi connectivity index (χ4n) is 1.81. The van der Waals surface area contributed by atoms with Crippen LogP contribution in [0.2, 0.25) is 0 Å². The van der Waals surface area contributed by atoms with Gasteiger partial charge < -0.3 is 4.90 Å². The Morgan fingerprint density at radius 1 is 1.36 bits per heavy atom. The second kappa shape index (κ2) is 3.29. The largest absolute Gasteiger partial charge is 0.375 e. The molecule has 2 rings (SSSR count). The predicted molar refractivity (Wildman–Crippen MR) is 56.6 cm³/mol.